The van der Waals surface area contributed by atoms with Crippen LogP contribution in [0.1, 0.15) is 25.6 Å². The van der Waals surface area contributed by atoms with Crippen LogP contribution in [0.25, 0.3) is 16.7 Å². The Labute approximate surface area is 139 Å². The van der Waals surface area contributed by atoms with E-state index in [4.69, 9.17) is 11.6 Å². The number of aromatic nitrogens is 4. The number of fused-ring (bicyclic) bond motifs is 1. The molecule has 3 aromatic rings. The van der Waals surface area contributed by atoms with Gasteiger partial charge in [-0.1, -0.05) is 30.7 Å². The predicted molar refractivity (Wildman–Crippen MR) is 92.3 cm³/mol. The Morgan fingerprint density at radius 3 is 2.83 bits per heavy atom. The van der Waals surface area contributed by atoms with Crippen molar-refractivity contribution in [2.45, 2.75) is 26.2 Å². The smallest absolute Gasteiger partial charge is 0.168 e. The molecular formula is C17H18ClN5. The monoisotopic (exact) mass is 327 g/mol. The Bertz CT molecular complexity index is 853. The Balaban J connectivity index is 1.83. The quantitative estimate of drug-likeness (QED) is 0.773. The minimum Gasteiger partial charge on any atom is -0.369 e. The molecule has 0 radical (unpaired) electrons. The van der Waals surface area contributed by atoms with Crippen LogP contribution in [0, 0.1) is 5.92 Å². The third-order valence-electron chi connectivity index (χ3n) is 4.13. The SMILES string of the molecule is CCc1nc(NCC2CC2)c2cnn(-c3ccccc3Cl)c2n1. The standard InChI is InChI=1S/C17H18ClN5/c1-2-15-21-16(19-9-11-7-8-11)12-10-20-23(17(12)22-15)14-6-4-3-5-13(14)18/h3-6,10-11H,2,7-9H2,1H3,(H,19,21,22). The van der Waals surface area contributed by atoms with E-state index >= 15 is 0 Å². The van der Waals surface area contributed by atoms with Crippen LogP contribution in [0.3, 0.4) is 0 Å². The number of hydrogen-bond acceptors (Lipinski definition) is 4. The fourth-order valence-corrected chi connectivity index (χ4v) is 2.82. The van der Waals surface area contributed by atoms with E-state index in [0.717, 1.165) is 47.2 Å². The molecule has 1 saturated carbocycles. The molecule has 0 amide bonds. The summed E-state index contributed by atoms with van der Waals surface area (Å²) in [6, 6.07) is 7.66. The number of nitrogens with one attached hydrogen (secondary N) is 1. The first-order chi connectivity index (χ1) is 11.3. The van der Waals surface area contributed by atoms with Crippen molar-refractivity contribution in [3.05, 3.63) is 41.3 Å². The summed E-state index contributed by atoms with van der Waals surface area (Å²) in [7, 11) is 0. The number of halogens is 1. The molecule has 1 N–H and O–H groups in total. The molecule has 0 atom stereocenters. The summed E-state index contributed by atoms with van der Waals surface area (Å²) in [4.78, 5) is 9.31. The van der Waals surface area contributed by atoms with Gasteiger partial charge in [-0.2, -0.15) is 5.10 Å². The van der Waals surface area contributed by atoms with E-state index in [0.29, 0.717) is 5.02 Å². The minimum absolute atomic E-state index is 0.654. The number of anilines is 1. The fraction of sp³-hybridized carbons (Fsp3) is 0.353. The van der Waals surface area contributed by atoms with Gasteiger partial charge < -0.3 is 5.32 Å². The first kappa shape index (κ1) is 14.5. The van der Waals surface area contributed by atoms with Crippen LogP contribution in [0.2, 0.25) is 5.02 Å². The molecule has 0 saturated heterocycles. The van der Waals surface area contributed by atoms with Gasteiger partial charge in [-0.05, 0) is 30.9 Å². The lowest BCUT2D eigenvalue weighted by Crippen LogP contribution is -2.08. The van der Waals surface area contributed by atoms with Gasteiger partial charge in [0.1, 0.15) is 11.6 Å². The molecule has 0 unspecified atom stereocenters. The molecule has 2 aromatic heterocycles. The highest BCUT2D eigenvalue weighted by atomic mass is 35.5. The normalized spacial score (nSPS) is 14.3. The second kappa shape index (κ2) is 5.81. The molecule has 5 nitrogen and oxygen atoms in total. The van der Waals surface area contributed by atoms with Gasteiger partial charge in [0, 0.05) is 13.0 Å². The molecule has 1 aromatic carbocycles. The van der Waals surface area contributed by atoms with Gasteiger partial charge in [-0.25, -0.2) is 14.6 Å². The van der Waals surface area contributed by atoms with Crippen molar-refractivity contribution in [1.82, 2.24) is 19.7 Å². The Morgan fingerprint density at radius 1 is 1.26 bits per heavy atom. The van der Waals surface area contributed by atoms with Crippen molar-refractivity contribution in [2.24, 2.45) is 5.92 Å². The molecule has 0 bridgehead atoms. The van der Waals surface area contributed by atoms with Crippen LogP contribution in [-0.4, -0.2) is 26.3 Å². The number of aryl methyl sites for hydroxylation is 1. The average Bonchev–Trinajstić information content (AvgIpc) is 3.31. The third-order valence-corrected chi connectivity index (χ3v) is 4.45. The highest BCUT2D eigenvalue weighted by Gasteiger charge is 2.22. The molecule has 2 heterocycles. The fourth-order valence-electron chi connectivity index (χ4n) is 2.61. The largest absolute Gasteiger partial charge is 0.369 e. The summed E-state index contributed by atoms with van der Waals surface area (Å²) in [6.45, 7) is 3.02. The van der Waals surface area contributed by atoms with E-state index in [1.54, 1.807) is 4.68 Å². The van der Waals surface area contributed by atoms with Crippen LogP contribution in [0.4, 0.5) is 5.82 Å². The Hall–Kier alpha value is -2.14. The lowest BCUT2D eigenvalue weighted by atomic mass is 10.3. The highest BCUT2D eigenvalue weighted by Crippen LogP contribution is 2.30. The van der Waals surface area contributed by atoms with Crippen LogP contribution < -0.4 is 5.32 Å². The van der Waals surface area contributed by atoms with Crippen molar-refractivity contribution in [3.8, 4) is 5.69 Å². The van der Waals surface area contributed by atoms with Crippen molar-refractivity contribution >= 4 is 28.5 Å². The van der Waals surface area contributed by atoms with Crippen molar-refractivity contribution in [2.75, 3.05) is 11.9 Å². The second-order valence-corrected chi connectivity index (χ2v) is 6.32. The summed E-state index contributed by atoms with van der Waals surface area (Å²) in [6.07, 6.45) is 5.20. The second-order valence-electron chi connectivity index (χ2n) is 5.91. The van der Waals surface area contributed by atoms with Crippen LogP contribution in [0.15, 0.2) is 30.5 Å². The van der Waals surface area contributed by atoms with E-state index in [1.165, 1.54) is 12.8 Å². The maximum absolute atomic E-state index is 6.32. The maximum Gasteiger partial charge on any atom is 0.168 e. The molecule has 1 fully saturated rings. The van der Waals surface area contributed by atoms with Gasteiger partial charge in [0.05, 0.1) is 22.3 Å². The average molecular weight is 328 g/mol. The summed E-state index contributed by atoms with van der Waals surface area (Å²) in [5.74, 6) is 2.46. The number of benzene rings is 1. The van der Waals surface area contributed by atoms with E-state index < -0.39 is 0 Å². The zero-order chi connectivity index (χ0) is 15.8. The topological polar surface area (TPSA) is 55.6 Å². The molecule has 4 rings (SSSR count). The first-order valence-corrected chi connectivity index (χ1v) is 8.37. The van der Waals surface area contributed by atoms with Gasteiger partial charge in [-0.15, -0.1) is 0 Å². The Morgan fingerprint density at radius 2 is 2.09 bits per heavy atom. The number of nitrogens with zero attached hydrogens (tertiary/aromatic N) is 4. The highest BCUT2D eigenvalue weighted by molar-refractivity contribution is 6.32. The predicted octanol–water partition coefficient (Wildman–Crippen LogP) is 3.85. The minimum atomic E-state index is 0.654. The van der Waals surface area contributed by atoms with Crippen molar-refractivity contribution in [1.29, 1.82) is 0 Å². The Kier molecular flexibility index (Phi) is 3.65. The van der Waals surface area contributed by atoms with Crippen LogP contribution in [-0.2, 0) is 6.42 Å². The van der Waals surface area contributed by atoms with Crippen molar-refractivity contribution < 1.29 is 0 Å². The van der Waals surface area contributed by atoms with Gasteiger partial charge in [0.15, 0.2) is 5.65 Å². The number of para-hydroxylation sites is 1. The van der Waals surface area contributed by atoms with Gasteiger partial charge in [0.2, 0.25) is 0 Å². The zero-order valence-electron chi connectivity index (χ0n) is 13.0. The van der Waals surface area contributed by atoms with E-state index in [9.17, 15) is 0 Å². The van der Waals surface area contributed by atoms with E-state index in [2.05, 4.69) is 27.3 Å². The lowest BCUT2D eigenvalue weighted by Gasteiger charge is -2.09. The third kappa shape index (κ3) is 2.77. The van der Waals surface area contributed by atoms with E-state index in [1.807, 2.05) is 30.5 Å². The van der Waals surface area contributed by atoms with Crippen molar-refractivity contribution in [3.63, 3.8) is 0 Å². The first-order valence-electron chi connectivity index (χ1n) is 7.99. The summed E-state index contributed by atoms with van der Waals surface area (Å²) >= 11 is 6.32. The van der Waals surface area contributed by atoms with Crippen LogP contribution >= 0.6 is 11.6 Å². The molecule has 6 heteroatoms. The van der Waals surface area contributed by atoms with Crippen LogP contribution in [0.5, 0.6) is 0 Å². The lowest BCUT2D eigenvalue weighted by molar-refractivity contribution is 0.864. The summed E-state index contributed by atoms with van der Waals surface area (Å²) in [5.41, 5.74) is 1.63. The molecule has 1 aliphatic carbocycles. The van der Waals surface area contributed by atoms with Gasteiger partial charge in [-0.3, -0.25) is 0 Å². The molecule has 23 heavy (non-hydrogen) atoms. The molecule has 0 aliphatic heterocycles. The van der Waals surface area contributed by atoms with Gasteiger partial charge >= 0.3 is 0 Å². The zero-order valence-corrected chi connectivity index (χ0v) is 13.7. The molecular weight excluding hydrogens is 310 g/mol. The maximum atomic E-state index is 6.32. The number of hydrogen-bond donors (Lipinski definition) is 1. The molecule has 0 spiro atoms. The number of rotatable bonds is 5. The molecule has 118 valence electrons. The van der Waals surface area contributed by atoms with E-state index in [-0.39, 0.29) is 0 Å². The van der Waals surface area contributed by atoms with Gasteiger partial charge in [0.25, 0.3) is 0 Å². The summed E-state index contributed by atoms with van der Waals surface area (Å²) in [5, 5.41) is 9.55. The summed E-state index contributed by atoms with van der Waals surface area (Å²) < 4.78 is 1.79. The molecule has 1 aliphatic rings.